The summed E-state index contributed by atoms with van der Waals surface area (Å²) in [6.45, 7) is 0. The summed E-state index contributed by atoms with van der Waals surface area (Å²) in [5, 5.41) is 0. The Morgan fingerprint density at radius 1 is 0.889 bits per heavy atom. The Balaban J connectivity index is 2.22. The molecule has 0 aliphatic carbocycles. The van der Waals surface area contributed by atoms with Gasteiger partial charge in [0.05, 0.1) is 16.6 Å². The first-order chi connectivity index (χ1) is 8.63. The number of H-pyrrole nitrogens is 1. The second-order valence-electron chi connectivity index (χ2n) is 3.87. The van der Waals surface area contributed by atoms with Crippen molar-refractivity contribution in [3.8, 4) is 11.4 Å². The van der Waals surface area contributed by atoms with Crippen LogP contribution >= 0.6 is 0 Å². The zero-order valence-electron chi connectivity index (χ0n) is 9.05. The third-order valence-electron chi connectivity index (χ3n) is 2.63. The Bertz CT molecular complexity index is 734. The molecule has 1 N–H and O–H groups in total. The molecule has 2 nitrogen and oxygen atoms in total. The second-order valence-corrected chi connectivity index (χ2v) is 3.87. The maximum atomic E-state index is 13.6. The predicted octanol–water partition coefficient (Wildman–Crippen LogP) is 3.65. The lowest BCUT2D eigenvalue weighted by Crippen LogP contribution is -1.87. The van der Waals surface area contributed by atoms with E-state index in [1.165, 1.54) is 18.2 Å². The fourth-order valence-electron chi connectivity index (χ4n) is 1.79. The molecule has 1 heterocycles. The van der Waals surface area contributed by atoms with Crippen LogP contribution in [0.2, 0.25) is 0 Å². The molecule has 0 spiro atoms. The molecule has 90 valence electrons. The Labute approximate surface area is 100 Å². The van der Waals surface area contributed by atoms with Crippen molar-refractivity contribution in [2.45, 2.75) is 0 Å². The maximum absolute atomic E-state index is 13.6. The van der Waals surface area contributed by atoms with E-state index in [9.17, 15) is 13.2 Å². The van der Waals surface area contributed by atoms with Gasteiger partial charge in [-0.25, -0.2) is 18.2 Å². The molecule has 5 heteroatoms. The number of imidazole rings is 1. The summed E-state index contributed by atoms with van der Waals surface area (Å²) in [6.07, 6.45) is 0. The van der Waals surface area contributed by atoms with Crippen LogP contribution in [0.3, 0.4) is 0 Å². The average Bonchev–Trinajstić information content (AvgIpc) is 2.74. The van der Waals surface area contributed by atoms with Gasteiger partial charge in [0.2, 0.25) is 0 Å². The third kappa shape index (κ3) is 1.73. The molecule has 1 aromatic heterocycles. The molecular weight excluding hydrogens is 241 g/mol. The molecule has 0 radical (unpaired) electrons. The SMILES string of the molecule is Fc1ccc(F)c(-c2nc3ccc(F)cc3[nH]2)c1. The summed E-state index contributed by atoms with van der Waals surface area (Å²) in [6, 6.07) is 7.09. The Kier molecular flexibility index (Phi) is 2.33. The predicted molar refractivity (Wildman–Crippen MR) is 61.4 cm³/mol. The number of halogens is 3. The minimum absolute atomic E-state index is 0.0200. The molecule has 0 unspecified atom stereocenters. The highest BCUT2D eigenvalue weighted by Gasteiger charge is 2.11. The van der Waals surface area contributed by atoms with Gasteiger partial charge in [-0.3, -0.25) is 0 Å². The number of nitrogens with one attached hydrogen (secondary N) is 1. The lowest BCUT2D eigenvalue weighted by Gasteiger charge is -1.98. The van der Waals surface area contributed by atoms with Crippen molar-refractivity contribution in [3.63, 3.8) is 0 Å². The van der Waals surface area contributed by atoms with E-state index in [2.05, 4.69) is 9.97 Å². The largest absolute Gasteiger partial charge is 0.338 e. The number of aromatic amines is 1. The third-order valence-corrected chi connectivity index (χ3v) is 2.63. The van der Waals surface area contributed by atoms with Crippen molar-refractivity contribution in [3.05, 3.63) is 53.8 Å². The molecule has 0 bridgehead atoms. The topological polar surface area (TPSA) is 28.7 Å². The molecule has 0 aliphatic rings. The zero-order chi connectivity index (χ0) is 12.7. The molecule has 0 atom stereocenters. The average molecular weight is 248 g/mol. The Morgan fingerprint density at radius 2 is 1.61 bits per heavy atom. The molecule has 0 saturated heterocycles. The number of rotatable bonds is 1. The van der Waals surface area contributed by atoms with Gasteiger partial charge in [-0.1, -0.05) is 0 Å². The fraction of sp³-hybridized carbons (Fsp3) is 0. The van der Waals surface area contributed by atoms with Crippen LogP contribution in [0.4, 0.5) is 13.2 Å². The number of aromatic nitrogens is 2. The van der Waals surface area contributed by atoms with Gasteiger partial charge in [0, 0.05) is 0 Å². The van der Waals surface area contributed by atoms with Crippen molar-refractivity contribution < 1.29 is 13.2 Å². The van der Waals surface area contributed by atoms with Crippen molar-refractivity contribution >= 4 is 11.0 Å². The normalized spacial score (nSPS) is 11.1. The monoisotopic (exact) mass is 248 g/mol. The highest BCUT2D eigenvalue weighted by atomic mass is 19.1. The summed E-state index contributed by atoms with van der Waals surface area (Å²) < 4.78 is 39.7. The van der Waals surface area contributed by atoms with Gasteiger partial charge < -0.3 is 4.98 Å². The van der Waals surface area contributed by atoms with Gasteiger partial charge in [-0.2, -0.15) is 0 Å². The smallest absolute Gasteiger partial charge is 0.141 e. The lowest BCUT2D eigenvalue weighted by atomic mass is 10.2. The van der Waals surface area contributed by atoms with Crippen LogP contribution in [0.1, 0.15) is 0 Å². The first-order valence-electron chi connectivity index (χ1n) is 5.24. The standard InChI is InChI=1S/C13H7F3N2/c14-7-1-3-10(16)9(5-7)13-17-11-4-2-8(15)6-12(11)18-13/h1-6H,(H,17,18). The van der Waals surface area contributed by atoms with Crippen LogP contribution in [-0.2, 0) is 0 Å². The highest BCUT2D eigenvalue weighted by molar-refractivity contribution is 5.79. The second kappa shape index (κ2) is 3.87. The van der Waals surface area contributed by atoms with Gasteiger partial charge in [-0.15, -0.1) is 0 Å². The zero-order valence-corrected chi connectivity index (χ0v) is 9.05. The van der Waals surface area contributed by atoms with Crippen LogP contribution in [0, 0.1) is 17.5 Å². The van der Waals surface area contributed by atoms with E-state index in [1.807, 2.05) is 0 Å². The molecule has 3 aromatic rings. The van der Waals surface area contributed by atoms with E-state index in [0.717, 1.165) is 18.2 Å². The summed E-state index contributed by atoms with van der Waals surface area (Å²) in [7, 11) is 0. The number of nitrogens with zero attached hydrogens (tertiary/aromatic N) is 1. The van der Waals surface area contributed by atoms with Crippen LogP contribution in [0.25, 0.3) is 22.4 Å². The van der Waals surface area contributed by atoms with E-state index in [4.69, 9.17) is 0 Å². The van der Waals surface area contributed by atoms with E-state index < -0.39 is 17.5 Å². The Morgan fingerprint density at radius 3 is 2.44 bits per heavy atom. The molecule has 0 amide bonds. The molecule has 18 heavy (non-hydrogen) atoms. The summed E-state index contributed by atoms with van der Waals surface area (Å²) >= 11 is 0. The van der Waals surface area contributed by atoms with Crippen molar-refractivity contribution in [1.82, 2.24) is 9.97 Å². The van der Waals surface area contributed by atoms with Crippen molar-refractivity contribution in [2.24, 2.45) is 0 Å². The van der Waals surface area contributed by atoms with Crippen molar-refractivity contribution in [2.75, 3.05) is 0 Å². The molecular formula is C13H7F3N2. The van der Waals surface area contributed by atoms with Crippen molar-refractivity contribution in [1.29, 1.82) is 0 Å². The Hall–Kier alpha value is -2.30. The van der Waals surface area contributed by atoms with Gasteiger partial charge in [-0.05, 0) is 36.4 Å². The van der Waals surface area contributed by atoms with Crippen LogP contribution in [0.15, 0.2) is 36.4 Å². The van der Waals surface area contributed by atoms with E-state index in [-0.39, 0.29) is 11.4 Å². The molecule has 3 rings (SSSR count). The van der Waals surface area contributed by atoms with Gasteiger partial charge in [0.1, 0.15) is 23.3 Å². The number of benzene rings is 2. The number of hydrogen-bond acceptors (Lipinski definition) is 1. The first-order valence-corrected chi connectivity index (χ1v) is 5.24. The molecule has 0 aliphatic heterocycles. The quantitative estimate of drug-likeness (QED) is 0.699. The minimum Gasteiger partial charge on any atom is -0.338 e. The van der Waals surface area contributed by atoms with Gasteiger partial charge in [0.15, 0.2) is 0 Å². The van der Waals surface area contributed by atoms with Gasteiger partial charge in [0.25, 0.3) is 0 Å². The van der Waals surface area contributed by atoms with Crippen LogP contribution in [0.5, 0.6) is 0 Å². The minimum atomic E-state index is -0.587. The van der Waals surface area contributed by atoms with Crippen LogP contribution in [-0.4, -0.2) is 9.97 Å². The number of hydrogen-bond donors (Lipinski definition) is 1. The van der Waals surface area contributed by atoms with E-state index >= 15 is 0 Å². The molecule has 2 aromatic carbocycles. The first kappa shape index (κ1) is 10.8. The summed E-state index contributed by atoms with van der Waals surface area (Å²) in [4.78, 5) is 6.86. The van der Waals surface area contributed by atoms with Crippen LogP contribution < -0.4 is 0 Å². The number of fused-ring (bicyclic) bond motifs is 1. The molecule has 0 saturated carbocycles. The lowest BCUT2D eigenvalue weighted by molar-refractivity contribution is 0.602. The highest BCUT2D eigenvalue weighted by Crippen LogP contribution is 2.24. The fourth-order valence-corrected chi connectivity index (χ4v) is 1.79. The van der Waals surface area contributed by atoms with Gasteiger partial charge >= 0.3 is 0 Å². The summed E-state index contributed by atoms with van der Waals surface area (Å²) in [5.41, 5.74) is 0.954. The molecule has 0 fully saturated rings. The summed E-state index contributed by atoms with van der Waals surface area (Å²) in [5.74, 6) is -1.39. The maximum Gasteiger partial charge on any atom is 0.141 e. The van der Waals surface area contributed by atoms with E-state index in [0.29, 0.717) is 11.0 Å². The van der Waals surface area contributed by atoms with E-state index in [1.54, 1.807) is 0 Å².